The number of nitrogens with zero attached hydrogens (tertiary/aromatic N) is 2. The first-order valence-corrected chi connectivity index (χ1v) is 7.21. The van der Waals surface area contributed by atoms with E-state index in [2.05, 4.69) is 28.4 Å². The maximum absolute atomic E-state index is 11.9. The lowest BCUT2D eigenvalue weighted by atomic mass is 10.1. The number of hydrogen-bond donors (Lipinski definition) is 1. The molecule has 1 N–H and O–H groups in total. The Bertz CT molecular complexity index is 604. The summed E-state index contributed by atoms with van der Waals surface area (Å²) in [6.45, 7) is 12.7. The molecule has 0 atom stereocenters. The van der Waals surface area contributed by atoms with Crippen molar-refractivity contribution in [1.29, 1.82) is 0 Å². The van der Waals surface area contributed by atoms with Gasteiger partial charge in [0.1, 0.15) is 11.4 Å². The molecule has 1 heterocycles. The van der Waals surface area contributed by atoms with Gasteiger partial charge in [-0.1, -0.05) is 31.4 Å². The zero-order valence-electron chi connectivity index (χ0n) is 13.0. The highest BCUT2D eigenvalue weighted by Gasteiger charge is 2.18. The highest BCUT2D eigenvalue weighted by Crippen LogP contribution is 2.23. The largest absolute Gasteiger partial charge is 0.444 e. The standard InChI is InChI=1S/C16H20ClN3O2/c1-6-8-11(7-2)14-12(10-18-13(9-17)20-14)19-15(21)22-16(3,4)5/h6-8,10H,1-2,9H2,3-5H3,(H,19,21)/b11-8+. The number of allylic oxidation sites excluding steroid dienone is 4. The van der Waals surface area contributed by atoms with Gasteiger partial charge in [-0.15, -0.1) is 11.6 Å². The van der Waals surface area contributed by atoms with Crippen molar-refractivity contribution in [2.24, 2.45) is 0 Å². The predicted molar refractivity (Wildman–Crippen MR) is 89.8 cm³/mol. The Balaban J connectivity index is 3.18. The maximum Gasteiger partial charge on any atom is 0.412 e. The summed E-state index contributed by atoms with van der Waals surface area (Å²) in [5, 5.41) is 2.64. The summed E-state index contributed by atoms with van der Waals surface area (Å²) >= 11 is 5.77. The van der Waals surface area contributed by atoms with Gasteiger partial charge in [0.05, 0.1) is 23.5 Å². The highest BCUT2D eigenvalue weighted by atomic mass is 35.5. The number of carbonyl (C=O) groups is 1. The molecule has 118 valence electrons. The third kappa shape index (κ3) is 5.33. The molecule has 0 radical (unpaired) electrons. The number of rotatable bonds is 5. The van der Waals surface area contributed by atoms with Crippen molar-refractivity contribution < 1.29 is 9.53 Å². The maximum atomic E-state index is 11.9. The van der Waals surface area contributed by atoms with Crippen LogP contribution in [0, 0.1) is 0 Å². The summed E-state index contributed by atoms with van der Waals surface area (Å²) in [4.78, 5) is 20.3. The average molecular weight is 322 g/mol. The van der Waals surface area contributed by atoms with Crippen LogP contribution < -0.4 is 5.32 Å². The first-order valence-electron chi connectivity index (χ1n) is 6.68. The van der Waals surface area contributed by atoms with Crippen molar-refractivity contribution in [3.05, 3.63) is 49.1 Å². The summed E-state index contributed by atoms with van der Waals surface area (Å²) in [7, 11) is 0. The van der Waals surface area contributed by atoms with Gasteiger partial charge in [0.2, 0.25) is 0 Å². The fourth-order valence-corrected chi connectivity index (χ4v) is 1.71. The van der Waals surface area contributed by atoms with Gasteiger partial charge < -0.3 is 4.74 Å². The van der Waals surface area contributed by atoms with Gasteiger partial charge in [-0.25, -0.2) is 14.8 Å². The molecule has 5 nitrogen and oxygen atoms in total. The Hall–Kier alpha value is -2.14. The van der Waals surface area contributed by atoms with Gasteiger partial charge in [-0.05, 0) is 20.8 Å². The van der Waals surface area contributed by atoms with E-state index < -0.39 is 11.7 Å². The minimum atomic E-state index is -0.598. The molecule has 0 spiro atoms. The van der Waals surface area contributed by atoms with Gasteiger partial charge in [-0.2, -0.15) is 0 Å². The summed E-state index contributed by atoms with van der Waals surface area (Å²) in [6.07, 6.45) is 5.86. The molecule has 1 rings (SSSR count). The molecule has 1 aromatic heterocycles. The van der Waals surface area contributed by atoms with Crippen LogP contribution in [0.25, 0.3) is 5.57 Å². The van der Waals surface area contributed by atoms with Gasteiger partial charge in [-0.3, -0.25) is 5.32 Å². The quantitative estimate of drug-likeness (QED) is 0.648. The number of aromatic nitrogens is 2. The number of alkyl halides is 1. The van der Waals surface area contributed by atoms with Gasteiger partial charge in [0, 0.05) is 5.57 Å². The second kappa shape index (κ2) is 7.75. The molecule has 1 aromatic rings. The zero-order chi connectivity index (χ0) is 16.8. The van der Waals surface area contributed by atoms with Crippen molar-refractivity contribution in [2.45, 2.75) is 32.3 Å². The topological polar surface area (TPSA) is 64.1 Å². The van der Waals surface area contributed by atoms with Crippen molar-refractivity contribution in [3.63, 3.8) is 0 Å². The van der Waals surface area contributed by atoms with Crippen molar-refractivity contribution in [2.75, 3.05) is 5.32 Å². The molecular weight excluding hydrogens is 302 g/mol. The Morgan fingerprint density at radius 2 is 2.14 bits per heavy atom. The van der Waals surface area contributed by atoms with Gasteiger partial charge in [0.15, 0.2) is 0 Å². The molecule has 0 aliphatic carbocycles. The Morgan fingerprint density at radius 3 is 2.64 bits per heavy atom. The number of amides is 1. The van der Waals surface area contributed by atoms with Crippen LogP contribution in [0.3, 0.4) is 0 Å². The fourth-order valence-electron chi connectivity index (χ4n) is 1.58. The lowest BCUT2D eigenvalue weighted by molar-refractivity contribution is 0.0635. The molecule has 1 amide bonds. The van der Waals surface area contributed by atoms with Crippen LogP contribution in [0.1, 0.15) is 32.3 Å². The number of nitrogens with one attached hydrogen (secondary N) is 1. The van der Waals surface area contributed by atoms with E-state index in [0.29, 0.717) is 22.8 Å². The normalized spacial score (nSPS) is 11.7. The summed E-state index contributed by atoms with van der Waals surface area (Å²) in [6, 6.07) is 0. The number of halogens is 1. The second-order valence-corrected chi connectivity index (χ2v) is 5.64. The second-order valence-electron chi connectivity index (χ2n) is 5.37. The molecule has 0 fully saturated rings. The smallest absolute Gasteiger partial charge is 0.412 e. The molecule has 22 heavy (non-hydrogen) atoms. The Morgan fingerprint density at radius 1 is 1.45 bits per heavy atom. The third-order valence-corrected chi connectivity index (χ3v) is 2.62. The molecule has 0 aliphatic rings. The molecule has 0 unspecified atom stereocenters. The van der Waals surface area contributed by atoms with E-state index in [9.17, 15) is 4.79 Å². The van der Waals surface area contributed by atoms with Crippen LogP contribution in [-0.2, 0) is 10.6 Å². The number of hydrogen-bond acceptors (Lipinski definition) is 4. The van der Waals surface area contributed by atoms with E-state index in [0.717, 1.165) is 0 Å². The van der Waals surface area contributed by atoms with E-state index in [-0.39, 0.29) is 5.88 Å². The van der Waals surface area contributed by atoms with E-state index in [1.165, 1.54) is 6.20 Å². The number of carbonyl (C=O) groups excluding carboxylic acids is 1. The van der Waals surface area contributed by atoms with Crippen LogP contribution in [0.4, 0.5) is 10.5 Å². The Labute approximate surface area is 135 Å². The van der Waals surface area contributed by atoms with Crippen LogP contribution >= 0.6 is 11.6 Å². The number of ether oxygens (including phenoxy) is 1. The molecule has 0 bridgehead atoms. The molecule has 0 saturated carbocycles. The van der Waals surface area contributed by atoms with E-state index >= 15 is 0 Å². The summed E-state index contributed by atoms with van der Waals surface area (Å²) in [5.74, 6) is 0.612. The van der Waals surface area contributed by atoms with Crippen molar-refractivity contribution in [1.82, 2.24) is 9.97 Å². The molecule has 6 heteroatoms. The van der Waals surface area contributed by atoms with Gasteiger partial charge in [0.25, 0.3) is 0 Å². The molecular formula is C16H20ClN3O2. The lowest BCUT2D eigenvalue weighted by Crippen LogP contribution is -2.27. The van der Waals surface area contributed by atoms with Crippen LogP contribution in [0.15, 0.2) is 37.6 Å². The first-order chi connectivity index (χ1) is 10.3. The minimum Gasteiger partial charge on any atom is -0.444 e. The van der Waals surface area contributed by atoms with E-state index in [1.807, 2.05) is 0 Å². The molecule has 0 aliphatic heterocycles. The van der Waals surface area contributed by atoms with Gasteiger partial charge >= 0.3 is 6.09 Å². The molecule has 0 aromatic carbocycles. The minimum absolute atomic E-state index is 0.165. The first kappa shape index (κ1) is 17.9. The summed E-state index contributed by atoms with van der Waals surface area (Å²) in [5.41, 5.74) is 1.01. The summed E-state index contributed by atoms with van der Waals surface area (Å²) < 4.78 is 5.23. The van der Waals surface area contributed by atoms with Crippen molar-refractivity contribution >= 4 is 29.0 Å². The van der Waals surface area contributed by atoms with Crippen LogP contribution in [0.2, 0.25) is 0 Å². The van der Waals surface area contributed by atoms with Crippen molar-refractivity contribution in [3.8, 4) is 0 Å². The predicted octanol–water partition coefficient (Wildman–Crippen LogP) is 4.32. The monoisotopic (exact) mass is 321 g/mol. The van der Waals surface area contributed by atoms with E-state index in [4.69, 9.17) is 16.3 Å². The zero-order valence-corrected chi connectivity index (χ0v) is 13.8. The van der Waals surface area contributed by atoms with Crippen LogP contribution in [0.5, 0.6) is 0 Å². The number of anilines is 1. The SMILES string of the molecule is C=C/C=C(\C=C)c1nc(CCl)ncc1NC(=O)OC(C)(C)C. The van der Waals surface area contributed by atoms with Crippen LogP contribution in [-0.4, -0.2) is 21.7 Å². The highest BCUT2D eigenvalue weighted by molar-refractivity contribution is 6.16. The third-order valence-electron chi connectivity index (χ3n) is 2.38. The lowest BCUT2D eigenvalue weighted by Gasteiger charge is -2.20. The fraction of sp³-hybridized carbons (Fsp3) is 0.312. The molecule has 0 saturated heterocycles. The Kier molecular flexibility index (Phi) is 6.31. The van der Waals surface area contributed by atoms with E-state index in [1.54, 1.807) is 39.0 Å². The average Bonchev–Trinajstić information content (AvgIpc) is 2.43.